The number of benzene rings is 2. The predicted molar refractivity (Wildman–Crippen MR) is 96.6 cm³/mol. The molecule has 2 aromatic rings. The molecule has 0 fully saturated rings. The topological polar surface area (TPSA) is 59.9 Å². The number of carbonyl (C=O) groups is 1. The lowest BCUT2D eigenvalue weighted by atomic mass is 10.0. The monoisotopic (exact) mass is 338 g/mol. The van der Waals surface area contributed by atoms with E-state index in [1.165, 1.54) is 0 Å². The van der Waals surface area contributed by atoms with Gasteiger partial charge in [-0.05, 0) is 24.1 Å². The first-order valence-electron chi connectivity index (χ1n) is 8.44. The fraction of sp³-hybridized carbons (Fsp3) is 0.300. The van der Waals surface area contributed by atoms with E-state index in [-0.39, 0.29) is 11.9 Å². The molecule has 5 nitrogen and oxygen atoms in total. The third-order valence-electron chi connectivity index (χ3n) is 4.31. The van der Waals surface area contributed by atoms with Crippen LogP contribution in [-0.2, 0) is 9.63 Å². The van der Waals surface area contributed by atoms with Gasteiger partial charge in [0.2, 0.25) is 6.10 Å². The molecule has 0 bridgehead atoms. The minimum absolute atomic E-state index is 0.0346. The van der Waals surface area contributed by atoms with Crippen molar-refractivity contribution in [3.8, 4) is 5.75 Å². The first kappa shape index (κ1) is 17.0. The Morgan fingerprint density at radius 2 is 1.96 bits per heavy atom. The molecule has 0 saturated heterocycles. The molecule has 0 radical (unpaired) electrons. The Morgan fingerprint density at radius 1 is 1.24 bits per heavy atom. The molecule has 0 spiro atoms. The van der Waals surface area contributed by atoms with Crippen LogP contribution in [0.5, 0.6) is 5.75 Å². The van der Waals surface area contributed by atoms with E-state index >= 15 is 0 Å². The van der Waals surface area contributed by atoms with Crippen LogP contribution in [-0.4, -0.2) is 24.8 Å². The zero-order chi connectivity index (χ0) is 17.6. The van der Waals surface area contributed by atoms with Crippen LogP contribution in [0.2, 0.25) is 0 Å². The molecule has 1 N–H and O–H groups in total. The van der Waals surface area contributed by atoms with Gasteiger partial charge in [-0.15, -0.1) is 0 Å². The SMILES string of the molecule is CC[C@H](NC(=O)[C@H]1CC(c2ccccc2OC)=NO1)c1ccccc1. The van der Waals surface area contributed by atoms with Gasteiger partial charge in [0.15, 0.2) is 0 Å². The van der Waals surface area contributed by atoms with Crippen molar-refractivity contribution in [2.45, 2.75) is 31.9 Å². The number of nitrogens with one attached hydrogen (secondary N) is 1. The Labute approximate surface area is 147 Å². The van der Waals surface area contributed by atoms with Crippen LogP contribution in [0, 0.1) is 0 Å². The first-order valence-corrected chi connectivity index (χ1v) is 8.44. The number of carbonyl (C=O) groups excluding carboxylic acids is 1. The van der Waals surface area contributed by atoms with Crippen LogP contribution in [0.25, 0.3) is 0 Å². The molecular formula is C20H22N2O3. The number of para-hydroxylation sites is 1. The second-order valence-corrected chi connectivity index (χ2v) is 5.92. The molecule has 1 aliphatic rings. The van der Waals surface area contributed by atoms with Crippen LogP contribution in [0.4, 0.5) is 0 Å². The second kappa shape index (κ2) is 7.83. The summed E-state index contributed by atoms with van der Waals surface area (Å²) in [7, 11) is 1.62. The van der Waals surface area contributed by atoms with Crippen LogP contribution in [0.1, 0.15) is 36.9 Å². The number of methoxy groups -OCH3 is 1. The lowest BCUT2D eigenvalue weighted by molar-refractivity contribution is -0.132. The molecule has 3 rings (SSSR count). The number of oxime groups is 1. The molecule has 2 aromatic carbocycles. The van der Waals surface area contributed by atoms with E-state index in [2.05, 4.69) is 10.5 Å². The number of hydrogen-bond donors (Lipinski definition) is 1. The van der Waals surface area contributed by atoms with Crippen LogP contribution < -0.4 is 10.1 Å². The Morgan fingerprint density at radius 3 is 2.68 bits per heavy atom. The summed E-state index contributed by atoms with van der Waals surface area (Å²) >= 11 is 0. The third kappa shape index (κ3) is 3.82. The summed E-state index contributed by atoms with van der Waals surface area (Å²) in [5, 5.41) is 7.16. The molecule has 130 valence electrons. The standard InChI is InChI=1S/C20H22N2O3/c1-3-16(14-9-5-4-6-10-14)21-20(23)19-13-17(22-25-19)15-11-7-8-12-18(15)24-2/h4-12,16,19H,3,13H2,1-2H3,(H,21,23)/t16-,19+/m0/s1. The Bertz CT molecular complexity index is 759. The number of nitrogens with zero attached hydrogens (tertiary/aromatic N) is 1. The quantitative estimate of drug-likeness (QED) is 0.877. The van der Waals surface area contributed by atoms with Gasteiger partial charge in [0.1, 0.15) is 5.75 Å². The molecule has 5 heteroatoms. The third-order valence-corrected chi connectivity index (χ3v) is 4.31. The fourth-order valence-electron chi connectivity index (χ4n) is 2.93. The number of ether oxygens (including phenoxy) is 1. The van der Waals surface area contributed by atoms with Crippen molar-refractivity contribution in [1.82, 2.24) is 5.32 Å². The summed E-state index contributed by atoms with van der Waals surface area (Å²) in [6.07, 6.45) is 0.623. The maximum atomic E-state index is 12.6. The summed E-state index contributed by atoms with van der Waals surface area (Å²) in [4.78, 5) is 18.0. The van der Waals surface area contributed by atoms with E-state index in [0.29, 0.717) is 6.42 Å². The molecule has 2 atom stereocenters. The van der Waals surface area contributed by atoms with Crippen molar-refractivity contribution in [1.29, 1.82) is 0 Å². The van der Waals surface area contributed by atoms with E-state index in [1.54, 1.807) is 7.11 Å². The van der Waals surface area contributed by atoms with Gasteiger partial charge in [-0.1, -0.05) is 54.5 Å². The maximum Gasteiger partial charge on any atom is 0.264 e. The Hall–Kier alpha value is -2.82. The van der Waals surface area contributed by atoms with Gasteiger partial charge >= 0.3 is 0 Å². The molecule has 0 aliphatic carbocycles. The molecule has 0 saturated carbocycles. The van der Waals surface area contributed by atoms with Crippen LogP contribution >= 0.6 is 0 Å². The Kier molecular flexibility index (Phi) is 5.33. The summed E-state index contributed by atoms with van der Waals surface area (Å²) in [6.45, 7) is 2.05. The number of rotatable bonds is 6. The van der Waals surface area contributed by atoms with Crippen molar-refractivity contribution < 1.29 is 14.4 Å². The number of amides is 1. The van der Waals surface area contributed by atoms with Gasteiger partial charge in [-0.3, -0.25) is 4.79 Å². The Balaban J connectivity index is 1.65. The fourth-order valence-corrected chi connectivity index (χ4v) is 2.93. The summed E-state index contributed by atoms with van der Waals surface area (Å²) in [5.74, 6) is 0.575. The normalized spacial score (nSPS) is 17.4. The van der Waals surface area contributed by atoms with Crippen LogP contribution in [0.3, 0.4) is 0 Å². The summed E-state index contributed by atoms with van der Waals surface area (Å²) < 4.78 is 5.36. The van der Waals surface area contributed by atoms with Crippen molar-refractivity contribution in [3.05, 3.63) is 65.7 Å². The average Bonchev–Trinajstić information content (AvgIpc) is 3.16. The first-order chi connectivity index (χ1) is 12.2. The lowest BCUT2D eigenvalue weighted by Gasteiger charge is -2.19. The van der Waals surface area contributed by atoms with E-state index in [0.717, 1.165) is 29.0 Å². The van der Waals surface area contributed by atoms with E-state index in [1.807, 2.05) is 61.5 Å². The average molecular weight is 338 g/mol. The van der Waals surface area contributed by atoms with Crippen molar-refractivity contribution >= 4 is 11.6 Å². The van der Waals surface area contributed by atoms with Gasteiger partial charge < -0.3 is 14.9 Å². The van der Waals surface area contributed by atoms with Crippen molar-refractivity contribution in [2.75, 3.05) is 7.11 Å². The predicted octanol–water partition coefficient (Wildman–Crippen LogP) is 3.46. The summed E-state index contributed by atoms with van der Waals surface area (Å²) in [5.41, 5.74) is 2.67. The van der Waals surface area contributed by atoms with Gasteiger partial charge in [-0.2, -0.15) is 0 Å². The minimum atomic E-state index is -0.613. The van der Waals surface area contributed by atoms with Gasteiger partial charge in [0.25, 0.3) is 5.91 Å². The van der Waals surface area contributed by atoms with Crippen molar-refractivity contribution in [3.63, 3.8) is 0 Å². The molecule has 1 aliphatic heterocycles. The minimum Gasteiger partial charge on any atom is -0.496 e. The zero-order valence-corrected chi connectivity index (χ0v) is 14.4. The largest absolute Gasteiger partial charge is 0.496 e. The molecule has 0 unspecified atom stereocenters. The van der Waals surface area contributed by atoms with Crippen LogP contribution in [0.15, 0.2) is 59.8 Å². The van der Waals surface area contributed by atoms with E-state index in [9.17, 15) is 4.79 Å². The highest BCUT2D eigenvalue weighted by atomic mass is 16.6. The highest BCUT2D eigenvalue weighted by molar-refractivity contribution is 6.05. The maximum absolute atomic E-state index is 12.6. The molecule has 0 aromatic heterocycles. The number of hydrogen-bond acceptors (Lipinski definition) is 4. The highest BCUT2D eigenvalue weighted by Gasteiger charge is 2.31. The highest BCUT2D eigenvalue weighted by Crippen LogP contribution is 2.25. The lowest BCUT2D eigenvalue weighted by Crippen LogP contribution is -2.37. The molecule has 25 heavy (non-hydrogen) atoms. The van der Waals surface area contributed by atoms with Gasteiger partial charge in [0.05, 0.1) is 18.9 Å². The smallest absolute Gasteiger partial charge is 0.264 e. The molecular weight excluding hydrogens is 316 g/mol. The van der Waals surface area contributed by atoms with Crippen molar-refractivity contribution in [2.24, 2.45) is 5.16 Å². The molecule has 1 amide bonds. The van der Waals surface area contributed by atoms with E-state index in [4.69, 9.17) is 9.57 Å². The van der Waals surface area contributed by atoms with E-state index < -0.39 is 6.10 Å². The summed E-state index contributed by atoms with van der Waals surface area (Å²) in [6, 6.07) is 17.5. The molecule has 1 heterocycles. The van der Waals surface area contributed by atoms with Gasteiger partial charge in [0, 0.05) is 12.0 Å². The zero-order valence-electron chi connectivity index (χ0n) is 14.4. The van der Waals surface area contributed by atoms with Gasteiger partial charge in [-0.25, -0.2) is 0 Å². The second-order valence-electron chi connectivity index (χ2n) is 5.92.